The fraction of sp³-hybridized carbons (Fsp3) is 0.600. The molecule has 3 atom stereocenters. The molecule has 0 aromatic carbocycles. The smallest absolute Gasteiger partial charge is 0.330 e. The van der Waals surface area contributed by atoms with Gasteiger partial charge in [-0.15, -0.1) is 0 Å². The number of nitrogens with one attached hydrogen (secondary N) is 1. The van der Waals surface area contributed by atoms with Crippen molar-refractivity contribution in [3.8, 4) is 0 Å². The lowest BCUT2D eigenvalue weighted by Gasteiger charge is -2.25. The van der Waals surface area contributed by atoms with E-state index in [2.05, 4.69) is 4.98 Å². The molecule has 18 heavy (non-hydrogen) atoms. The Hall–Kier alpha value is -1.48. The van der Waals surface area contributed by atoms with E-state index in [1.807, 2.05) is 0 Å². The van der Waals surface area contributed by atoms with Crippen molar-refractivity contribution in [1.29, 1.82) is 0 Å². The number of aromatic nitrogens is 2. The van der Waals surface area contributed by atoms with Crippen LogP contribution in [0.5, 0.6) is 0 Å². The first-order valence-electron chi connectivity index (χ1n) is 5.35. The average Bonchev–Trinajstić information content (AvgIpc) is 2.67. The molecule has 100 valence electrons. The molecule has 0 saturated carbocycles. The van der Waals surface area contributed by atoms with Crippen LogP contribution >= 0.6 is 0 Å². The van der Waals surface area contributed by atoms with Crippen molar-refractivity contribution in [2.24, 2.45) is 0 Å². The fourth-order valence-corrected chi connectivity index (χ4v) is 1.93. The topological polar surface area (TPSA) is 114 Å². The summed E-state index contributed by atoms with van der Waals surface area (Å²) in [5.74, 6) is -1.33. The molecular weight excluding hydrogens is 244 g/mol. The number of hydrogen-bond donors (Lipinski definition) is 3. The zero-order chi connectivity index (χ0) is 13.3. The molecule has 1 aliphatic rings. The van der Waals surface area contributed by atoms with Gasteiger partial charge in [0.25, 0.3) is 5.56 Å². The average molecular weight is 258 g/mol. The van der Waals surface area contributed by atoms with E-state index in [1.54, 1.807) is 0 Å². The van der Waals surface area contributed by atoms with Crippen molar-refractivity contribution in [1.82, 2.24) is 9.55 Å². The normalized spacial score (nSPS) is 31.7. The van der Waals surface area contributed by atoms with E-state index in [9.17, 15) is 19.8 Å². The summed E-state index contributed by atoms with van der Waals surface area (Å²) in [6, 6.07) is 1.14. The van der Waals surface area contributed by atoms with Crippen molar-refractivity contribution in [3.63, 3.8) is 0 Å². The van der Waals surface area contributed by atoms with E-state index in [4.69, 9.17) is 9.47 Å². The number of nitrogens with zero attached hydrogens (tertiary/aromatic N) is 1. The van der Waals surface area contributed by atoms with Gasteiger partial charge in [0.1, 0.15) is 6.10 Å². The molecule has 1 aliphatic heterocycles. The zero-order valence-corrected chi connectivity index (χ0v) is 9.70. The van der Waals surface area contributed by atoms with E-state index < -0.39 is 36.0 Å². The lowest BCUT2D eigenvalue weighted by molar-refractivity contribution is -0.243. The van der Waals surface area contributed by atoms with Crippen molar-refractivity contribution in [3.05, 3.63) is 33.1 Å². The van der Waals surface area contributed by atoms with E-state index >= 15 is 0 Å². The van der Waals surface area contributed by atoms with Gasteiger partial charge in [-0.3, -0.25) is 14.3 Å². The number of aromatic amines is 1. The second-order valence-electron chi connectivity index (χ2n) is 4.07. The third-order valence-corrected chi connectivity index (χ3v) is 2.92. The molecular formula is C10H14N2O6. The van der Waals surface area contributed by atoms with Gasteiger partial charge in [0.05, 0.1) is 6.61 Å². The van der Waals surface area contributed by atoms with Crippen LogP contribution in [0.1, 0.15) is 12.6 Å². The van der Waals surface area contributed by atoms with Gasteiger partial charge in [0.2, 0.25) is 0 Å². The number of aliphatic hydroxyl groups excluding tert-OH is 2. The maximum Gasteiger partial charge on any atom is 0.330 e. The standard InChI is InChI=1S/C10H14N2O6/c1-17-10(5-13)4-6(14)8(18-10)12-3-2-7(15)11-9(12)16/h2-3,6,8,13-14H,4-5H2,1H3,(H,11,15,16). The molecule has 0 radical (unpaired) electrons. The minimum atomic E-state index is -1.33. The maximum absolute atomic E-state index is 11.6. The minimum absolute atomic E-state index is 0.0240. The molecule has 0 amide bonds. The number of aliphatic hydroxyl groups is 2. The summed E-state index contributed by atoms with van der Waals surface area (Å²) in [5.41, 5.74) is -1.24. The molecule has 8 heteroatoms. The van der Waals surface area contributed by atoms with Crippen LogP contribution in [0.2, 0.25) is 0 Å². The van der Waals surface area contributed by atoms with Crippen LogP contribution in [0.15, 0.2) is 21.9 Å². The quantitative estimate of drug-likeness (QED) is 0.586. The fourth-order valence-electron chi connectivity index (χ4n) is 1.93. The van der Waals surface area contributed by atoms with Crippen LogP contribution in [0.25, 0.3) is 0 Å². The SMILES string of the molecule is COC1(CO)CC(O)C(n2ccc(=O)[nH]c2=O)O1. The summed E-state index contributed by atoms with van der Waals surface area (Å²) in [7, 11) is 1.33. The zero-order valence-electron chi connectivity index (χ0n) is 9.70. The van der Waals surface area contributed by atoms with Crippen molar-refractivity contribution in [2.75, 3.05) is 13.7 Å². The van der Waals surface area contributed by atoms with Gasteiger partial charge in [0, 0.05) is 25.8 Å². The van der Waals surface area contributed by atoms with Crippen molar-refractivity contribution >= 4 is 0 Å². The van der Waals surface area contributed by atoms with E-state index in [0.29, 0.717) is 0 Å². The third-order valence-electron chi connectivity index (χ3n) is 2.92. The number of rotatable bonds is 3. The predicted octanol–water partition coefficient (Wildman–Crippen LogP) is -1.85. The Morgan fingerprint density at radius 1 is 1.67 bits per heavy atom. The number of methoxy groups -OCH3 is 1. The summed E-state index contributed by atoms with van der Waals surface area (Å²) in [5, 5.41) is 19.1. The molecule has 1 aromatic rings. The van der Waals surface area contributed by atoms with Gasteiger partial charge in [-0.1, -0.05) is 0 Å². The molecule has 3 N–H and O–H groups in total. The van der Waals surface area contributed by atoms with Gasteiger partial charge in [0.15, 0.2) is 12.0 Å². The van der Waals surface area contributed by atoms with Gasteiger partial charge < -0.3 is 19.7 Å². The van der Waals surface area contributed by atoms with E-state index in [-0.39, 0.29) is 6.42 Å². The molecule has 0 bridgehead atoms. The van der Waals surface area contributed by atoms with Crippen LogP contribution in [0.4, 0.5) is 0 Å². The highest BCUT2D eigenvalue weighted by Crippen LogP contribution is 2.36. The first-order chi connectivity index (χ1) is 8.51. The highest BCUT2D eigenvalue weighted by Gasteiger charge is 2.47. The Morgan fingerprint density at radius 3 is 2.89 bits per heavy atom. The second kappa shape index (κ2) is 4.65. The summed E-state index contributed by atoms with van der Waals surface area (Å²) < 4.78 is 11.4. The lowest BCUT2D eigenvalue weighted by atomic mass is 10.1. The van der Waals surface area contributed by atoms with Crippen molar-refractivity contribution in [2.45, 2.75) is 24.5 Å². The monoisotopic (exact) mass is 258 g/mol. The number of H-pyrrole nitrogens is 1. The summed E-state index contributed by atoms with van der Waals surface area (Å²) in [6.45, 7) is -0.449. The molecule has 8 nitrogen and oxygen atoms in total. The largest absolute Gasteiger partial charge is 0.391 e. The van der Waals surface area contributed by atoms with E-state index in [0.717, 1.165) is 10.6 Å². The first-order valence-corrected chi connectivity index (χ1v) is 5.35. The summed E-state index contributed by atoms with van der Waals surface area (Å²) in [4.78, 5) is 24.6. The lowest BCUT2D eigenvalue weighted by Crippen LogP contribution is -2.37. The van der Waals surface area contributed by atoms with Crippen LogP contribution in [0.3, 0.4) is 0 Å². The van der Waals surface area contributed by atoms with Gasteiger partial charge in [-0.2, -0.15) is 0 Å². The van der Waals surface area contributed by atoms with Gasteiger partial charge >= 0.3 is 5.69 Å². The molecule has 2 rings (SSSR count). The predicted molar refractivity (Wildman–Crippen MR) is 58.9 cm³/mol. The second-order valence-corrected chi connectivity index (χ2v) is 4.07. The number of ether oxygens (including phenoxy) is 2. The Balaban J connectivity index is 2.35. The van der Waals surface area contributed by atoms with Gasteiger partial charge in [-0.25, -0.2) is 4.79 Å². The summed E-state index contributed by atoms with van der Waals surface area (Å²) >= 11 is 0. The van der Waals surface area contributed by atoms with Crippen LogP contribution < -0.4 is 11.2 Å². The van der Waals surface area contributed by atoms with Crippen molar-refractivity contribution < 1.29 is 19.7 Å². The Labute approximate surface area is 101 Å². The van der Waals surface area contributed by atoms with Crippen LogP contribution in [-0.4, -0.2) is 45.4 Å². The molecule has 3 unspecified atom stereocenters. The summed E-state index contributed by atoms with van der Waals surface area (Å²) in [6.07, 6.45) is -0.795. The molecule has 1 fully saturated rings. The Bertz CT molecular complexity index is 532. The number of hydrogen-bond acceptors (Lipinski definition) is 6. The maximum atomic E-state index is 11.6. The van der Waals surface area contributed by atoms with Crippen LogP contribution in [0, 0.1) is 0 Å². The molecule has 1 aromatic heterocycles. The molecule has 0 spiro atoms. The Morgan fingerprint density at radius 2 is 2.39 bits per heavy atom. The van der Waals surface area contributed by atoms with Crippen LogP contribution in [-0.2, 0) is 9.47 Å². The molecule has 1 saturated heterocycles. The van der Waals surface area contributed by atoms with E-state index in [1.165, 1.54) is 13.3 Å². The highest BCUT2D eigenvalue weighted by atomic mass is 16.7. The molecule has 2 heterocycles. The minimum Gasteiger partial charge on any atom is -0.391 e. The molecule has 0 aliphatic carbocycles. The highest BCUT2D eigenvalue weighted by molar-refractivity contribution is 4.91. The first kappa shape index (κ1) is 13.0. The third kappa shape index (κ3) is 2.10. The Kier molecular flexibility index (Phi) is 3.35. The van der Waals surface area contributed by atoms with Gasteiger partial charge in [-0.05, 0) is 0 Å².